The van der Waals surface area contributed by atoms with Gasteiger partial charge in [0.15, 0.2) is 10.8 Å². The number of carbonyl (C=O) groups excluding carboxylic acids is 3. The lowest BCUT2D eigenvalue weighted by molar-refractivity contribution is -0.155. The van der Waals surface area contributed by atoms with Crippen molar-refractivity contribution in [3.63, 3.8) is 0 Å². The fraction of sp³-hybridized carbons (Fsp3) is 0.455. The van der Waals surface area contributed by atoms with E-state index in [4.69, 9.17) is 17.3 Å². The molecule has 0 saturated carbocycles. The van der Waals surface area contributed by atoms with Gasteiger partial charge in [0.25, 0.3) is 11.8 Å². The molecule has 0 aromatic carbocycles. The predicted molar refractivity (Wildman–Crippen MR) is 132 cm³/mol. The number of nitrogen functional groups attached to an aromatic ring is 1. The number of amides is 3. The minimum Gasteiger partial charge on any atom is -0.477 e. The molecule has 0 unspecified atom stereocenters. The molecule has 3 saturated heterocycles. The van der Waals surface area contributed by atoms with Gasteiger partial charge in [-0.25, -0.2) is 9.78 Å². The number of aliphatic carboxylic acids is 1. The number of rotatable bonds is 6. The van der Waals surface area contributed by atoms with Gasteiger partial charge in [0, 0.05) is 24.7 Å². The number of nitrogens with one attached hydrogen (secondary N) is 2. The van der Waals surface area contributed by atoms with Crippen LogP contribution in [0.5, 0.6) is 0 Å². The lowest BCUT2D eigenvalue weighted by atomic mass is 9.82. The number of anilines is 1. The minimum absolute atomic E-state index is 0.0395. The second-order valence-electron chi connectivity index (χ2n) is 9.13. The van der Waals surface area contributed by atoms with Crippen molar-refractivity contribution in [3.05, 3.63) is 32.9 Å². The second-order valence-corrected chi connectivity index (χ2v) is 10.8. The molecule has 3 amide bonds. The van der Waals surface area contributed by atoms with Gasteiger partial charge in [-0.1, -0.05) is 28.1 Å². The van der Waals surface area contributed by atoms with E-state index >= 15 is 0 Å². The van der Waals surface area contributed by atoms with Crippen LogP contribution in [0.3, 0.4) is 0 Å². The van der Waals surface area contributed by atoms with Crippen LogP contribution in [0.1, 0.15) is 31.4 Å². The number of hydrogen-bond donors (Lipinski definition) is 5. The molecule has 13 nitrogen and oxygen atoms in total. The standard InChI is InChI=1S/C22H24ClN7O6S/c23-17-14(27-22(24)37-17)15(28-36)18(31)26-13-12-2-1-9(16(21(34)35)30(12)20(13)33)7-10-4-6-29(19(10)32)11-3-5-25-8-11/h7,11-13,25,36H,1-6,8H2,(H2,24,27)(H,26,31)(H,34,35)/t11-,12-,13+/m1/s1. The second kappa shape index (κ2) is 9.76. The first-order chi connectivity index (χ1) is 17.7. The third kappa shape index (κ3) is 4.34. The molecule has 15 heteroatoms. The Labute approximate surface area is 219 Å². The number of nitrogens with zero attached hydrogens (tertiary/aromatic N) is 4. The zero-order valence-electron chi connectivity index (χ0n) is 19.4. The van der Waals surface area contributed by atoms with Crippen molar-refractivity contribution in [3.8, 4) is 0 Å². The average Bonchev–Trinajstić information content (AvgIpc) is 3.59. The Morgan fingerprint density at radius 1 is 1.30 bits per heavy atom. The highest BCUT2D eigenvalue weighted by atomic mass is 35.5. The quantitative estimate of drug-likeness (QED) is 0.106. The first kappa shape index (κ1) is 25.2. The van der Waals surface area contributed by atoms with E-state index in [1.807, 2.05) is 4.90 Å². The van der Waals surface area contributed by atoms with Crippen molar-refractivity contribution in [2.75, 3.05) is 25.4 Å². The molecule has 5 heterocycles. The number of hydrogen-bond acceptors (Lipinski definition) is 10. The summed E-state index contributed by atoms with van der Waals surface area (Å²) in [4.78, 5) is 57.7. The summed E-state index contributed by atoms with van der Waals surface area (Å²) in [5.41, 5.74) is 5.68. The number of thiazole rings is 1. The van der Waals surface area contributed by atoms with E-state index in [2.05, 4.69) is 20.8 Å². The van der Waals surface area contributed by atoms with Gasteiger partial charge in [-0.2, -0.15) is 0 Å². The van der Waals surface area contributed by atoms with Crippen LogP contribution < -0.4 is 16.4 Å². The monoisotopic (exact) mass is 549 g/mol. The molecule has 3 fully saturated rings. The highest BCUT2D eigenvalue weighted by Crippen LogP contribution is 2.38. The lowest BCUT2D eigenvalue weighted by Gasteiger charge is -2.50. The summed E-state index contributed by atoms with van der Waals surface area (Å²) in [6.45, 7) is 2.17. The number of aromatic nitrogens is 1. The van der Waals surface area contributed by atoms with Crippen LogP contribution in [0.4, 0.5) is 5.13 Å². The fourth-order valence-electron chi connectivity index (χ4n) is 5.34. The summed E-state index contributed by atoms with van der Waals surface area (Å²) >= 11 is 6.89. The van der Waals surface area contributed by atoms with Crippen LogP contribution in [0.2, 0.25) is 4.34 Å². The molecule has 1 aromatic rings. The normalized spacial score (nSPS) is 27.1. The van der Waals surface area contributed by atoms with Crippen molar-refractivity contribution in [1.82, 2.24) is 25.4 Å². The average molecular weight is 550 g/mol. The van der Waals surface area contributed by atoms with Crippen LogP contribution in [0.15, 0.2) is 28.1 Å². The molecule has 4 aliphatic rings. The van der Waals surface area contributed by atoms with E-state index < -0.39 is 35.6 Å². The van der Waals surface area contributed by atoms with Gasteiger partial charge in [0.1, 0.15) is 21.8 Å². The third-order valence-corrected chi connectivity index (χ3v) is 8.17. The maximum absolute atomic E-state index is 13.0. The molecule has 1 aromatic heterocycles. The Bertz CT molecular complexity index is 1280. The van der Waals surface area contributed by atoms with Crippen LogP contribution in [-0.4, -0.2) is 92.3 Å². The van der Waals surface area contributed by atoms with E-state index in [0.29, 0.717) is 37.0 Å². The van der Waals surface area contributed by atoms with Crippen LogP contribution in [0.25, 0.3) is 0 Å². The lowest BCUT2D eigenvalue weighted by Crippen LogP contribution is -2.72. The van der Waals surface area contributed by atoms with E-state index in [1.165, 1.54) is 0 Å². The molecule has 5 rings (SSSR count). The zero-order chi connectivity index (χ0) is 26.4. The predicted octanol–water partition coefficient (Wildman–Crippen LogP) is -0.0943. The number of allylic oxidation sites excluding steroid dienone is 2. The Kier molecular flexibility index (Phi) is 6.64. The molecule has 196 valence electrons. The SMILES string of the molecule is Nc1nc(C(=NO)C(=O)N[C@@H]2C(=O)N3C(C(=O)O)=C(C=C4CCN([C@@H]5CCNC5)C4=O)CC[C@H]23)c(Cl)s1. The van der Waals surface area contributed by atoms with Crippen LogP contribution in [-0.2, 0) is 19.2 Å². The molecule has 37 heavy (non-hydrogen) atoms. The summed E-state index contributed by atoms with van der Waals surface area (Å²) in [5, 5.41) is 28.0. The first-order valence-corrected chi connectivity index (χ1v) is 12.9. The van der Waals surface area contributed by atoms with E-state index in [1.54, 1.807) is 6.08 Å². The van der Waals surface area contributed by atoms with E-state index in [0.717, 1.165) is 35.7 Å². The number of β-lactam (4-membered cyclic amide) rings is 1. The maximum atomic E-state index is 13.0. The van der Waals surface area contributed by atoms with Gasteiger partial charge in [0.2, 0.25) is 5.91 Å². The van der Waals surface area contributed by atoms with Gasteiger partial charge < -0.3 is 31.6 Å². The number of carboxylic acids is 1. The molecule has 0 bridgehead atoms. The Morgan fingerprint density at radius 3 is 2.70 bits per heavy atom. The number of halogens is 1. The van der Waals surface area contributed by atoms with E-state index in [-0.39, 0.29) is 32.8 Å². The Hall–Kier alpha value is -3.49. The topological polar surface area (TPSA) is 191 Å². The molecule has 0 radical (unpaired) electrons. The largest absolute Gasteiger partial charge is 0.477 e. The summed E-state index contributed by atoms with van der Waals surface area (Å²) in [7, 11) is 0. The van der Waals surface area contributed by atoms with Gasteiger partial charge >= 0.3 is 5.97 Å². The Morgan fingerprint density at radius 2 is 2.08 bits per heavy atom. The smallest absolute Gasteiger partial charge is 0.352 e. The zero-order valence-corrected chi connectivity index (χ0v) is 21.0. The molecule has 6 N–H and O–H groups in total. The number of carbonyl (C=O) groups is 4. The highest BCUT2D eigenvalue weighted by molar-refractivity contribution is 7.19. The molecule has 4 aliphatic heterocycles. The number of likely N-dealkylation sites (tertiary alicyclic amines) is 1. The van der Waals surface area contributed by atoms with Gasteiger partial charge in [-0.05, 0) is 43.9 Å². The van der Waals surface area contributed by atoms with Crippen molar-refractivity contribution in [2.24, 2.45) is 5.16 Å². The molecular formula is C22H24ClN7O6S. The minimum atomic E-state index is -1.29. The molecule has 0 spiro atoms. The molecule has 0 aliphatic carbocycles. The summed E-state index contributed by atoms with van der Waals surface area (Å²) in [5.74, 6) is -2.92. The van der Waals surface area contributed by atoms with Crippen molar-refractivity contribution >= 4 is 57.5 Å². The Balaban J connectivity index is 1.34. The van der Waals surface area contributed by atoms with Gasteiger partial charge in [-0.15, -0.1) is 0 Å². The molecular weight excluding hydrogens is 526 g/mol. The summed E-state index contributed by atoms with van der Waals surface area (Å²) in [6, 6.07) is -1.51. The first-order valence-electron chi connectivity index (χ1n) is 11.7. The highest BCUT2D eigenvalue weighted by Gasteiger charge is 2.53. The van der Waals surface area contributed by atoms with Crippen molar-refractivity contribution < 1.29 is 29.5 Å². The number of fused-ring (bicyclic) bond motifs is 1. The summed E-state index contributed by atoms with van der Waals surface area (Å²) in [6.07, 6.45) is 3.67. The molecule has 3 atom stereocenters. The maximum Gasteiger partial charge on any atom is 0.352 e. The number of carboxylic acid groups (broad SMARTS) is 1. The van der Waals surface area contributed by atoms with Gasteiger partial charge in [0.05, 0.1) is 6.04 Å². The third-order valence-electron chi connectivity index (χ3n) is 7.09. The van der Waals surface area contributed by atoms with E-state index in [9.17, 15) is 29.5 Å². The van der Waals surface area contributed by atoms with Crippen LogP contribution in [0, 0.1) is 0 Å². The van der Waals surface area contributed by atoms with Crippen molar-refractivity contribution in [1.29, 1.82) is 0 Å². The summed E-state index contributed by atoms with van der Waals surface area (Å²) < 4.78 is 0.0395. The fourth-order valence-corrected chi connectivity index (χ4v) is 6.27. The van der Waals surface area contributed by atoms with Crippen molar-refractivity contribution in [2.45, 2.75) is 43.8 Å². The van der Waals surface area contributed by atoms with Gasteiger partial charge in [-0.3, -0.25) is 19.3 Å². The number of oxime groups is 1. The van der Waals surface area contributed by atoms with Crippen LogP contribution >= 0.6 is 22.9 Å². The number of nitrogens with two attached hydrogens (primary N) is 1.